The average Bonchev–Trinajstić information content (AvgIpc) is 3.13. The van der Waals surface area contributed by atoms with Crippen molar-refractivity contribution in [1.82, 2.24) is 9.40 Å². The maximum absolute atomic E-state index is 12.4. The molecule has 1 aliphatic heterocycles. The van der Waals surface area contributed by atoms with E-state index >= 15 is 0 Å². The summed E-state index contributed by atoms with van der Waals surface area (Å²) < 4.78 is 31.3. The number of hydrogen-bond donors (Lipinski definition) is 0. The van der Waals surface area contributed by atoms with Crippen LogP contribution in [0.3, 0.4) is 0 Å². The van der Waals surface area contributed by atoms with E-state index in [4.69, 9.17) is 16.3 Å². The first-order valence-corrected chi connectivity index (χ1v) is 11.3. The van der Waals surface area contributed by atoms with E-state index in [-0.39, 0.29) is 5.15 Å². The molecule has 0 N–H and O–H groups in total. The zero-order valence-corrected chi connectivity index (χ0v) is 17.8. The van der Waals surface area contributed by atoms with Gasteiger partial charge >= 0.3 is 0 Å². The number of halogens is 1. The number of pyridine rings is 1. The monoisotopic (exact) mass is 429 g/mol. The van der Waals surface area contributed by atoms with Crippen molar-refractivity contribution >= 4 is 38.2 Å². The number of ether oxygens (including phenoxy) is 1. The first kappa shape index (κ1) is 19.7. The number of nitrogens with zero attached hydrogens (tertiary/aromatic N) is 3. The van der Waals surface area contributed by atoms with E-state index in [9.17, 15) is 8.42 Å². The van der Waals surface area contributed by atoms with E-state index in [1.54, 1.807) is 13.2 Å². The van der Waals surface area contributed by atoms with E-state index in [2.05, 4.69) is 10.1 Å². The van der Waals surface area contributed by atoms with Crippen molar-refractivity contribution in [3.8, 4) is 5.75 Å². The predicted molar refractivity (Wildman–Crippen MR) is 115 cm³/mol. The molecular weight excluding hydrogens is 410 g/mol. The fourth-order valence-electron chi connectivity index (χ4n) is 3.45. The Balaban J connectivity index is 1.79. The van der Waals surface area contributed by atoms with E-state index in [1.807, 2.05) is 49.4 Å². The van der Waals surface area contributed by atoms with Gasteiger partial charge in [-0.05, 0) is 30.7 Å². The van der Waals surface area contributed by atoms with Gasteiger partial charge in [-0.3, -0.25) is 0 Å². The molecule has 2 heterocycles. The highest BCUT2D eigenvalue weighted by atomic mass is 35.5. The van der Waals surface area contributed by atoms with Crippen LogP contribution in [-0.2, 0) is 10.0 Å². The molecule has 1 aliphatic rings. The van der Waals surface area contributed by atoms with Gasteiger partial charge in [0, 0.05) is 23.4 Å². The first-order chi connectivity index (χ1) is 13.8. The third-order valence-electron chi connectivity index (χ3n) is 4.96. The molecule has 0 spiro atoms. The van der Waals surface area contributed by atoms with Crippen molar-refractivity contribution in [2.75, 3.05) is 13.4 Å². The van der Waals surface area contributed by atoms with Crippen molar-refractivity contribution in [3.63, 3.8) is 0 Å². The summed E-state index contributed by atoms with van der Waals surface area (Å²) in [6.07, 6.45) is 1.56. The van der Waals surface area contributed by atoms with E-state index in [1.165, 1.54) is 0 Å². The molecule has 0 amide bonds. The van der Waals surface area contributed by atoms with Crippen LogP contribution in [0.1, 0.15) is 29.2 Å². The number of hydrogen-bond acceptors (Lipinski definition) is 5. The van der Waals surface area contributed by atoms with Gasteiger partial charge in [0.1, 0.15) is 10.9 Å². The standard InChI is InChI=1S/C21H20ClN3O3S/c1-13-4-6-14(7-5-13)19-12-20(25(24-19)29(3,26)27)17-10-15-8-9-16(28-2)11-18(15)23-21(17)22/h4-11,20H,12H2,1-3H3/t20-/m0/s1. The molecular formula is C21H20ClN3O3S. The fraction of sp³-hybridized carbons (Fsp3) is 0.238. The van der Waals surface area contributed by atoms with Gasteiger partial charge in [0.2, 0.25) is 10.0 Å². The van der Waals surface area contributed by atoms with Crippen LogP contribution < -0.4 is 4.74 Å². The van der Waals surface area contributed by atoms with Gasteiger partial charge in [0.05, 0.1) is 30.6 Å². The molecule has 0 radical (unpaired) electrons. The second-order valence-corrected chi connectivity index (χ2v) is 9.29. The smallest absolute Gasteiger partial charge is 0.247 e. The number of methoxy groups -OCH3 is 1. The Morgan fingerprint density at radius 1 is 1.14 bits per heavy atom. The highest BCUT2D eigenvalue weighted by Gasteiger charge is 2.36. The first-order valence-electron chi connectivity index (χ1n) is 9.04. The SMILES string of the molecule is COc1ccc2cc([C@@H]3CC(c4ccc(C)cc4)=NN3S(C)(=O)=O)c(Cl)nc2c1. The van der Waals surface area contributed by atoms with Crippen LogP contribution in [0.2, 0.25) is 5.15 Å². The molecule has 2 aromatic carbocycles. The molecule has 0 saturated heterocycles. The van der Waals surface area contributed by atoms with Crippen LogP contribution in [0.5, 0.6) is 5.75 Å². The van der Waals surface area contributed by atoms with Gasteiger partial charge in [-0.25, -0.2) is 13.4 Å². The largest absolute Gasteiger partial charge is 0.497 e. The molecule has 0 aliphatic carbocycles. The number of benzene rings is 2. The van der Waals surface area contributed by atoms with Crippen LogP contribution in [-0.4, -0.2) is 36.9 Å². The van der Waals surface area contributed by atoms with Gasteiger partial charge in [-0.15, -0.1) is 0 Å². The highest BCUT2D eigenvalue weighted by Crippen LogP contribution is 2.38. The maximum Gasteiger partial charge on any atom is 0.247 e. The number of fused-ring (bicyclic) bond motifs is 1. The Bertz CT molecular complexity index is 1220. The summed E-state index contributed by atoms with van der Waals surface area (Å²) in [6.45, 7) is 2.00. The quantitative estimate of drug-likeness (QED) is 0.579. The lowest BCUT2D eigenvalue weighted by Gasteiger charge is -2.22. The van der Waals surface area contributed by atoms with Crippen molar-refractivity contribution in [2.24, 2.45) is 5.10 Å². The average molecular weight is 430 g/mol. The van der Waals surface area contributed by atoms with Crippen LogP contribution in [0.25, 0.3) is 10.9 Å². The van der Waals surface area contributed by atoms with Crippen molar-refractivity contribution in [2.45, 2.75) is 19.4 Å². The molecule has 0 bridgehead atoms. The summed E-state index contributed by atoms with van der Waals surface area (Å²) in [7, 11) is -2.00. The van der Waals surface area contributed by atoms with E-state index < -0.39 is 16.1 Å². The van der Waals surface area contributed by atoms with Crippen LogP contribution in [0.4, 0.5) is 0 Å². The predicted octanol–water partition coefficient (Wildman–Crippen LogP) is 4.32. The number of aromatic nitrogens is 1. The Morgan fingerprint density at radius 2 is 1.86 bits per heavy atom. The van der Waals surface area contributed by atoms with Gasteiger partial charge in [-0.2, -0.15) is 9.52 Å². The topological polar surface area (TPSA) is 71.9 Å². The Morgan fingerprint density at radius 3 is 2.52 bits per heavy atom. The molecule has 0 fully saturated rings. The van der Waals surface area contributed by atoms with Crippen LogP contribution >= 0.6 is 11.6 Å². The molecule has 150 valence electrons. The van der Waals surface area contributed by atoms with Crippen molar-refractivity contribution in [1.29, 1.82) is 0 Å². The zero-order chi connectivity index (χ0) is 20.8. The Labute approximate surface area is 174 Å². The Kier molecular flexibility index (Phi) is 4.96. The number of aryl methyl sites for hydroxylation is 1. The van der Waals surface area contributed by atoms with Gasteiger partial charge < -0.3 is 4.74 Å². The fourth-order valence-corrected chi connectivity index (χ4v) is 4.62. The minimum absolute atomic E-state index is 0.254. The maximum atomic E-state index is 12.4. The molecule has 3 aromatic rings. The van der Waals surface area contributed by atoms with E-state index in [0.29, 0.717) is 29.0 Å². The number of hydrazone groups is 1. The summed E-state index contributed by atoms with van der Waals surface area (Å²) >= 11 is 6.48. The summed E-state index contributed by atoms with van der Waals surface area (Å²) in [4.78, 5) is 4.47. The second-order valence-electron chi connectivity index (χ2n) is 7.10. The third-order valence-corrected chi connectivity index (χ3v) is 6.28. The number of sulfonamides is 1. The highest BCUT2D eigenvalue weighted by molar-refractivity contribution is 7.88. The summed E-state index contributed by atoms with van der Waals surface area (Å²) in [5.74, 6) is 0.678. The van der Waals surface area contributed by atoms with Gasteiger partial charge in [-0.1, -0.05) is 41.4 Å². The molecule has 29 heavy (non-hydrogen) atoms. The molecule has 0 unspecified atom stereocenters. The molecule has 6 nitrogen and oxygen atoms in total. The third kappa shape index (κ3) is 3.80. The van der Waals surface area contributed by atoms with Crippen molar-refractivity contribution < 1.29 is 13.2 Å². The summed E-state index contributed by atoms with van der Waals surface area (Å²) in [5.41, 5.74) is 4.02. The normalized spacial score (nSPS) is 16.9. The molecule has 0 saturated carbocycles. The summed E-state index contributed by atoms with van der Waals surface area (Å²) in [5, 5.41) is 5.53. The number of rotatable bonds is 4. The lowest BCUT2D eigenvalue weighted by atomic mass is 9.98. The summed E-state index contributed by atoms with van der Waals surface area (Å²) in [6, 6.07) is 14.7. The molecule has 8 heteroatoms. The molecule has 1 aromatic heterocycles. The minimum Gasteiger partial charge on any atom is -0.497 e. The second kappa shape index (κ2) is 7.31. The van der Waals surface area contributed by atoms with Crippen LogP contribution in [0, 0.1) is 6.92 Å². The van der Waals surface area contributed by atoms with E-state index in [0.717, 1.165) is 27.2 Å². The lowest BCUT2D eigenvalue weighted by Crippen LogP contribution is -2.26. The lowest BCUT2D eigenvalue weighted by molar-refractivity contribution is 0.374. The van der Waals surface area contributed by atoms with Crippen LogP contribution in [0.15, 0.2) is 53.6 Å². The zero-order valence-electron chi connectivity index (χ0n) is 16.3. The Hall–Kier alpha value is -2.64. The molecule has 4 rings (SSSR count). The van der Waals surface area contributed by atoms with Gasteiger partial charge in [0.15, 0.2) is 0 Å². The minimum atomic E-state index is -3.59. The van der Waals surface area contributed by atoms with Crippen molar-refractivity contribution in [3.05, 3.63) is 70.4 Å². The molecule has 1 atom stereocenters. The van der Waals surface area contributed by atoms with Gasteiger partial charge in [0.25, 0.3) is 0 Å².